The van der Waals surface area contributed by atoms with E-state index in [1.165, 1.54) is 11.3 Å². The van der Waals surface area contributed by atoms with Crippen molar-refractivity contribution in [2.75, 3.05) is 5.73 Å². The summed E-state index contributed by atoms with van der Waals surface area (Å²) < 4.78 is 1.08. The van der Waals surface area contributed by atoms with Gasteiger partial charge in [0.25, 0.3) is 0 Å². The fraction of sp³-hybridized carbons (Fsp3) is 0. The number of fused-ring (bicyclic) bond motifs is 1. The molecule has 0 aliphatic carbocycles. The van der Waals surface area contributed by atoms with Crippen molar-refractivity contribution in [2.45, 2.75) is 0 Å². The Balaban J connectivity index is 2.95. The molecule has 0 aromatic carbocycles. The molecule has 0 aliphatic rings. The van der Waals surface area contributed by atoms with Crippen LogP contribution in [0.1, 0.15) is 0 Å². The molecule has 2 aromatic heterocycles. The Morgan fingerprint density at radius 1 is 1.60 bits per heavy atom. The van der Waals surface area contributed by atoms with E-state index in [0.29, 0.717) is 0 Å². The number of aromatic nitrogens is 1. The Kier molecular flexibility index (Phi) is 0.935. The van der Waals surface area contributed by atoms with Gasteiger partial charge in [-0.3, -0.25) is 0 Å². The fourth-order valence-corrected chi connectivity index (χ4v) is 1.77. The van der Waals surface area contributed by atoms with Crippen molar-refractivity contribution in [3.8, 4) is 0 Å². The van der Waals surface area contributed by atoms with Crippen molar-refractivity contribution in [1.82, 2.24) is 4.73 Å². The summed E-state index contributed by atoms with van der Waals surface area (Å²) in [6.45, 7) is 0. The van der Waals surface area contributed by atoms with Gasteiger partial charge in [0.05, 0.1) is 5.69 Å². The number of nitrogens with two attached hydrogens (primary N) is 1. The third-order valence-corrected chi connectivity index (χ3v) is 2.43. The van der Waals surface area contributed by atoms with Crippen LogP contribution in [0, 0.1) is 0 Å². The first-order valence-electron chi connectivity index (χ1n) is 2.82. The van der Waals surface area contributed by atoms with E-state index in [4.69, 9.17) is 10.9 Å². The van der Waals surface area contributed by atoms with Crippen molar-refractivity contribution in [3.05, 3.63) is 17.6 Å². The predicted octanol–water partition coefficient (Wildman–Crippen LogP) is 1.52. The van der Waals surface area contributed by atoms with E-state index in [0.717, 1.165) is 20.6 Å². The highest BCUT2D eigenvalue weighted by molar-refractivity contribution is 7.17. The maximum absolute atomic E-state index is 9.10. The number of hydrogen-bond donors (Lipinski definition) is 2. The van der Waals surface area contributed by atoms with Crippen LogP contribution in [0.3, 0.4) is 0 Å². The van der Waals surface area contributed by atoms with Gasteiger partial charge in [-0.2, -0.15) is 4.73 Å². The molecule has 0 amide bonds. The van der Waals surface area contributed by atoms with Crippen LogP contribution in [0.15, 0.2) is 17.6 Å². The van der Waals surface area contributed by atoms with E-state index in [1.54, 1.807) is 12.3 Å². The summed E-state index contributed by atoms with van der Waals surface area (Å²) in [5.74, 6) is 0. The third-order valence-electron chi connectivity index (χ3n) is 1.43. The Morgan fingerprint density at radius 2 is 2.40 bits per heavy atom. The summed E-state index contributed by atoms with van der Waals surface area (Å²) in [5, 5.41) is 11.8. The number of rotatable bonds is 0. The molecule has 3 N–H and O–H groups in total. The summed E-state index contributed by atoms with van der Waals surface area (Å²) in [5.41, 5.74) is 6.30. The number of thiophene rings is 1. The lowest BCUT2D eigenvalue weighted by Crippen LogP contribution is -1.81. The smallest absolute Gasteiger partial charge is 0.141 e. The van der Waals surface area contributed by atoms with Crippen LogP contribution in [0.25, 0.3) is 10.2 Å². The largest absolute Gasteiger partial charge is 0.428 e. The Morgan fingerprint density at radius 3 is 3.10 bits per heavy atom. The second kappa shape index (κ2) is 1.67. The number of hydrogen-bond acceptors (Lipinski definition) is 3. The molecular weight excluding hydrogens is 148 g/mol. The number of anilines is 1. The molecule has 0 unspecified atom stereocenters. The summed E-state index contributed by atoms with van der Waals surface area (Å²) in [4.78, 5) is 0.803. The molecule has 0 bridgehead atoms. The third kappa shape index (κ3) is 0.537. The van der Waals surface area contributed by atoms with Crippen LogP contribution >= 0.6 is 11.3 Å². The SMILES string of the molecule is Nc1csc2c1ccn2O. The molecule has 0 aliphatic heterocycles. The van der Waals surface area contributed by atoms with Gasteiger partial charge in [-0.1, -0.05) is 0 Å². The van der Waals surface area contributed by atoms with E-state index in [1.807, 2.05) is 5.38 Å². The minimum Gasteiger partial charge on any atom is -0.428 e. The van der Waals surface area contributed by atoms with Crippen molar-refractivity contribution in [1.29, 1.82) is 0 Å². The first kappa shape index (κ1) is 5.61. The minimum absolute atomic E-state index is 0.729. The average molecular weight is 154 g/mol. The standard InChI is InChI=1S/C6H6N2OS/c7-5-3-10-6-4(5)1-2-8(6)9/h1-3,9H,7H2. The molecule has 0 saturated heterocycles. The molecule has 0 spiro atoms. The van der Waals surface area contributed by atoms with Crippen LogP contribution in [0.5, 0.6) is 0 Å². The monoisotopic (exact) mass is 154 g/mol. The van der Waals surface area contributed by atoms with Gasteiger partial charge in [-0.05, 0) is 6.07 Å². The van der Waals surface area contributed by atoms with Crippen LogP contribution in [-0.4, -0.2) is 9.94 Å². The lowest BCUT2D eigenvalue weighted by molar-refractivity contribution is 0.201. The second-order valence-electron chi connectivity index (χ2n) is 2.07. The maximum Gasteiger partial charge on any atom is 0.141 e. The van der Waals surface area contributed by atoms with E-state index < -0.39 is 0 Å². The highest BCUT2D eigenvalue weighted by Gasteiger charge is 2.03. The molecule has 4 heteroatoms. The summed E-state index contributed by atoms with van der Waals surface area (Å²) in [6.07, 6.45) is 1.58. The predicted molar refractivity (Wildman–Crippen MR) is 41.4 cm³/mol. The Bertz CT molecular complexity index is 327. The molecule has 52 valence electrons. The van der Waals surface area contributed by atoms with E-state index in [9.17, 15) is 0 Å². The van der Waals surface area contributed by atoms with Crippen LogP contribution in [0.2, 0.25) is 0 Å². The normalized spacial score (nSPS) is 10.8. The Labute approximate surface area is 61.3 Å². The second-order valence-corrected chi connectivity index (χ2v) is 2.93. The average Bonchev–Trinajstić information content (AvgIpc) is 2.41. The zero-order chi connectivity index (χ0) is 7.14. The van der Waals surface area contributed by atoms with Crippen molar-refractivity contribution < 1.29 is 5.21 Å². The maximum atomic E-state index is 9.10. The van der Waals surface area contributed by atoms with Crippen LogP contribution in [-0.2, 0) is 0 Å². The quantitative estimate of drug-likeness (QED) is 0.565. The number of nitrogens with zero attached hydrogens (tertiary/aromatic N) is 1. The lowest BCUT2D eigenvalue weighted by atomic mass is 10.4. The molecule has 0 atom stereocenters. The first-order valence-corrected chi connectivity index (χ1v) is 3.70. The van der Waals surface area contributed by atoms with Crippen molar-refractivity contribution >= 4 is 27.2 Å². The first-order chi connectivity index (χ1) is 4.79. The molecular formula is C6H6N2OS. The molecule has 0 radical (unpaired) electrons. The zero-order valence-corrected chi connectivity index (χ0v) is 5.93. The molecule has 2 rings (SSSR count). The molecule has 2 aromatic rings. The van der Waals surface area contributed by atoms with Gasteiger partial charge < -0.3 is 10.9 Å². The van der Waals surface area contributed by atoms with Gasteiger partial charge in [0.15, 0.2) is 0 Å². The molecule has 0 saturated carbocycles. The molecule has 2 heterocycles. The van der Waals surface area contributed by atoms with Crippen LogP contribution in [0.4, 0.5) is 5.69 Å². The van der Waals surface area contributed by atoms with Crippen molar-refractivity contribution in [2.24, 2.45) is 0 Å². The van der Waals surface area contributed by atoms with Gasteiger partial charge in [-0.25, -0.2) is 0 Å². The van der Waals surface area contributed by atoms with Gasteiger partial charge in [0, 0.05) is 17.0 Å². The topological polar surface area (TPSA) is 51.2 Å². The zero-order valence-electron chi connectivity index (χ0n) is 5.11. The molecule has 10 heavy (non-hydrogen) atoms. The van der Waals surface area contributed by atoms with E-state index >= 15 is 0 Å². The van der Waals surface area contributed by atoms with E-state index in [2.05, 4.69) is 0 Å². The highest BCUT2D eigenvalue weighted by Crippen LogP contribution is 2.27. The van der Waals surface area contributed by atoms with Gasteiger partial charge in [0.2, 0.25) is 0 Å². The Hall–Kier alpha value is -1.16. The summed E-state index contributed by atoms with van der Waals surface area (Å²) in [7, 11) is 0. The molecule has 3 nitrogen and oxygen atoms in total. The summed E-state index contributed by atoms with van der Waals surface area (Å²) in [6, 6.07) is 1.79. The van der Waals surface area contributed by atoms with Crippen molar-refractivity contribution in [3.63, 3.8) is 0 Å². The van der Waals surface area contributed by atoms with Crippen LogP contribution < -0.4 is 5.73 Å². The number of nitrogen functional groups attached to an aromatic ring is 1. The lowest BCUT2D eigenvalue weighted by Gasteiger charge is -1.85. The van der Waals surface area contributed by atoms with Gasteiger partial charge >= 0.3 is 0 Å². The summed E-state index contributed by atoms with van der Waals surface area (Å²) >= 11 is 1.44. The fourth-order valence-electron chi connectivity index (χ4n) is 0.927. The van der Waals surface area contributed by atoms with Gasteiger partial charge in [0.1, 0.15) is 4.83 Å². The molecule has 0 fully saturated rings. The highest BCUT2D eigenvalue weighted by atomic mass is 32.1. The minimum atomic E-state index is 0.729. The van der Waals surface area contributed by atoms with Gasteiger partial charge in [-0.15, -0.1) is 11.3 Å². The van der Waals surface area contributed by atoms with E-state index in [-0.39, 0.29) is 0 Å².